The molecule has 0 saturated carbocycles. The van der Waals surface area contributed by atoms with Gasteiger partial charge in [0.05, 0.1) is 0 Å². The predicted octanol–water partition coefficient (Wildman–Crippen LogP) is 2.96. The number of anilines is 2. The molecule has 1 aliphatic heterocycles. The van der Waals surface area contributed by atoms with Crippen LogP contribution in [0.15, 0.2) is 18.2 Å². The Hall–Kier alpha value is -1.22. The minimum atomic E-state index is 0.619. The molecule has 1 atom stereocenters. The summed E-state index contributed by atoms with van der Waals surface area (Å²) in [7, 11) is 6.39. The maximum Gasteiger partial charge on any atom is 0.0373 e. The first-order valence-corrected chi connectivity index (χ1v) is 7.29. The van der Waals surface area contributed by atoms with E-state index in [4.69, 9.17) is 0 Å². The maximum absolute atomic E-state index is 3.73. The molecule has 3 nitrogen and oxygen atoms in total. The van der Waals surface area contributed by atoms with Crippen LogP contribution in [0.3, 0.4) is 0 Å². The van der Waals surface area contributed by atoms with Crippen molar-refractivity contribution in [3.8, 4) is 0 Å². The molecule has 0 bridgehead atoms. The molecule has 0 spiro atoms. The lowest BCUT2D eigenvalue weighted by molar-refractivity contribution is 0.348. The van der Waals surface area contributed by atoms with Crippen LogP contribution in [-0.2, 0) is 0 Å². The lowest BCUT2D eigenvalue weighted by Crippen LogP contribution is -2.23. The lowest BCUT2D eigenvalue weighted by Gasteiger charge is -2.21. The molecule has 1 saturated heterocycles. The van der Waals surface area contributed by atoms with Crippen LogP contribution >= 0.6 is 0 Å². The summed E-state index contributed by atoms with van der Waals surface area (Å²) in [6.07, 6.45) is 3.81. The molecule has 0 aromatic heterocycles. The Kier molecular flexibility index (Phi) is 4.70. The van der Waals surface area contributed by atoms with Crippen molar-refractivity contribution in [1.29, 1.82) is 0 Å². The van der Waals surface area contributed by atoms with Gasteiger partial charge in [0, 0.05) is 31.5 Å². The lowest BCUT2D eigenvalue weighted by atomic mass is 10.1. The van der Waals surface area contributed by atoms with Crippen LogP contribution in [0.2, 0.25) is 0 Å². The summed E-state index contributed by atoms with van der Waals surface area (Å²) in [5.41, 5.74) is 3.90. The normalized spacial score (nSPS) is 20.9. The van der Waals surface area contributed by atoms with E-state index in [9.17, 15) is 0 Å². The monoisotopic (exact) mass is 261 g/mol. The highest BCUT2D eigenvalue weighted by Crippen LogP contribution is 2.24. The Balaban J connectivity index is 2.02. The van der Waals surface area contributed by atoms with Crippen LogP contribution < -0.4 is 10.2 Å². The standard InChI is InChI=1S/C16H27N3/c1-13-12-15(18(2)3)7-8-16(13)17-14-6-5-10-19(4)11-9-14/h7-8,12,14,17H,5-6,9-11H2,1-4H3. The van der Waals surface area contributed by atoms with Gasteiger partial charge in [-0.15, -0.1) is 0 Å². The Bertz CT molecular complexity index is 414. The number of nitrogens with zero attached hydrogens (tertiary/aromatic N) is 2. The molecule has 1 fully saturated rings. The molecule has 1 N–H and O–H groups in total. The van der Waals surface area contributed by atoms with Gasteiger partial charge in [0.15, 0.2) is 0 Å². The predicted molar refractivity (Wildman–Crippen MR) is 84.3 cm³/mol. The summed E-state index contributed by atoms with van der Waals surface area (Å²) in [5, 5.41) is 3.73. The van der Waals surface area contributed by atoms with Crippen LogP contribution in [0.1, 0.15) is 24.8 Å². The summed E-state index contributed by atoms with van der Waals surface area (Å²) < 4.78 is 0. The highest BCUT2D eigenvalue weighted by molar-refractivity contribution is 5.60. The first-order chi connectivity index (χ1) is 9.06. The molecule has 2 rings (SSSR count). The van der Waals surface area contributed by atoms with Crippen molar-refractivity contribution in [2.75, 3.05) is 44.4 Å². The topological polar surface area (TPSA) is 18.5 Å². The Morgan fingerprint density at radius 1 is 1.21 bits per heavy atom. The van der Waals surface area contributed by atoms with Crippen molar-refractivity contribution in [2.24, 2.45) is 0 Å². The van der Waals surface area contributed by atoms with E-state index >= 15 is 0 Å². The molecule has 1 aliphatic rings. The third kappa shape index (κ3) is 3.87. The van der Waals surface area contributed by atoms with Crippen molar-refractivity contribution < 1.29 is 0 Å². The van der Waals surface area contributed by atoms with Gasteiger partial charge in [-0.05, 0) is 70.1 Å². The molecule has 1 aromatic carbocycles. The molecular formula is C16H27N3. The third-order valence-corrected chi connectivity index (χ3v) is 4.04. The average molecular weight is 261 g/mol. The highest BCUT2D eigenvalue weighted by Gasteiger charge is 2.15. The second kappa shape index (κ2) is 6.29. The van der Waals surface area contributed by atoms with Crippen LogP contribution in [0.5, 0.6) is 0 Å². The smallest absolute Gasteiger partial charge is 0.0373 e. The molecule has 1 aromatic rings. The van der Waals surface area contributed by atoms with E-state index in [0.717, 1.165) is 0 Å². The fourth-order valence-corrected chi connectivity index (χ4v) is 2.69. The van der Waals surface area contributed by atoms with Gasteiger partial charge in [0.1, 0.15) is 0 Å². The SMILES string of the molecule is Cc1cc(N(C)C)ccc1NC1CCCN(C)CC1. The second-order valence-electron chi connectivity index (χ2n) is 5.97. The Morgan fingerprint density at radius 3 is 2.68 bits per heavy atom. The van der Waals surface area contributed by atoms with E-state index in [-0.39, 0.29) is 0 Å². The molecule has 1 heterocycles. The largest absolute Gasteiger partial charge is 0.382 e. The van der Waals surface area contributed by atoms with Crippen LogP contribution in [0.4, 0.5) is 11.4 Å². The zero-order valence-electron chi connectivity index (χ0n) is 12.7. The van der Waals surface area contributed by atoms with Crippen molar-refractivity contribution in [3.63, 3.8) is 0 Å². The summed E-state index contributed by atoms with van der Waals surface area (Å²) in [6, 6.07) is 7.29. The second-order valence-corrected chi connectivity index (χ2v) is 5.97. The zero-order valence-corrected chi connectivity index (χ0v) is 12.7. The Morgan fingerprint density at radius 2 is 2.00 bits per heavy atom. The zero-order chi connectivity index (χ0) is 13.8. The van der Waals surface area contributed by atoms with Crippen LogP contribution in [-0.4, -0.2) is 45.2 Å². The van der Waals surface area contributed by atoms with Gasteiger partial charge in [0.25, 0.3) is 0 Å². The fourth-order valence-electron chi connectivity index (χ4n) is 2.69. The van der Waals surface area contributed by atoms with Crippen LogP contribution in [0, 0.1) is 6.92 Å². The number of nitrogens with one attached hydrogen (secondary N) is 1. The van der Waals surface area contributed by atoms with Crippen LogP contribution in [0.25, 0.3) is 0 Å². The van der Waals surface area contributed by atoms with Crippen molar-refractivity contribution >= 4 is 11.4 Å². The maximum atomic E-state index is 3.73. The van der Waals surface area contributed by atoms with Gasteiger partial charge in [-0.2, -0.15) is 0 Å². The number of rotatable bonds is 3. The average Bonchev–Trinajstić information content (AvgIpc) is 2.57. The van der Waals surface area contributed by atoms with Crippen molar-refractivity contribution in [2.45, 2.75) is 32.2 Å². The molecule has 1 unspecified atom stereocenters. The number of hydrogen-bond donors (Lipinski definition) is 1. The van der Waals surface area contributed by atoms with Gasteiger partial charge in [-0.25, -0.2) is 0 Å². The van der Waals surface area contributed by atoms with E-state index < -0.39 is 0 Å². The quantitative estimate of drug-likeness (QED) is 0.902. The third-order valence-electron chi connectivity index (χ3n) is 4.04. The molecule has 0 amide bonds. The summed E-state index contributed by atoms with van der Waals surface area (Å²) in [4.78, 5) is 4.58. The number of hydrogen-bond acceptors (Lipinski definition) is 3. The van der Waals surface area contributed by atoms with E-state index in [1.54, 1.807) is 0 Å². The summed E-state index contributed by atoms with van der Waals surface area (Å²) >= 11 is 0. The van der Waals surface area contributed by atoms with Crippen molar-refractivity contribution in [3.05, 3.63) is 23.8 Å². The summed E-state index contributed by atoms with van der Waals surface area (Å²) in [5.74, 6) is 0. The summed E-state index contributed by atoms with van der Waals surface area (Å²) in [6.45, 7) is 4.63. The van der Waals surface area contributed by atoms with Gasteiger partial charge >= 0.3 is 0 Å². The van der Waals surface area contributed by atoms with E-state index in [1.807, 2.05) is 0 Å². The van der Waals surface area contributed by atoms with Crippen molar-refractivity contribution in [1.82, 2.24) is 4.90 Å². The van der Waals surface area contributed by atoms with Gasteiger partial charge in [-0.1, -0.05) is 0 Å². The van der Waals surface area contributed by atoms with E-state index in [2.05, 4.69) is 61.4 Å². The van der Waals surface area contributed by atoms with Gasteiger partial charge < -0.3 is 15.1 Å². The first kappa shape index (κ1) is 14.2. The Labute approximate surface area is 117 Å². The molecule has 106 valence electrons. The molecule has 0 radical (unpaired) electrons. The minimum absolute atomic E-state index is 0.619. The molecular weight excluding hydrogens is 234 g/mol. The molecule has 3 heteroatoms. The number of aryl methyl sites for hydroxylation is 1. The number of benzene rings is 1. The van der Waals surface area contributed by atoms with E-state index in [0.29, 0.717) is 6.04 Å². The van der Waals surface area contributed by atoms with Gasteiger partial charge in [-0.3, -0.25) is 0 Å². The van der Waals surface area contributed by atoms with Gasteiger partial charge in [0.2, 0.25) is 0 Å². The number of likely N-dealkylation sites (tertiary alicyclic amines) is 1. The first-order valence-electron chi connectivity index (χ1n) is 7.29. The molecule has 19 heavy (non-hydrogen) atoms. The molecule has 0 aliphatic carbocycles. The fraction of sp³-hybridized carbons (Fsp3) is 0.625. The highest BCUT2D eigenvalue weighted by atomic mass is 15.1. The van der Waals surface area contributed by atoms with E-state index in [1.165, 1.54) is 49.3 Å². The minimum Gasteiger partial charge on any atom is -0.382 e.